The van der Waals surface area contributed by atoms with Crippen molar-refractivity contribution >= 4 is 61.3 Å². The Morgan fingerprint density at radius 2 is 1.76 bits per heavy atom. The van der Waals surface area contributed by atoms with Gasteiger partial charge in [-0.3, -0.25) is 0 Å². The minimum atomic E-state index is -4.60. The van der Waals surface area contributed by atoms with Crippen LogP contribution < -0.4 is 4.74 Å². The van der Waals surface area contributed by atoms with Gasteiger partial charge in [-0.15, -0.1) is 0 Å². The van der Waals surface area contributed by atoms with Crippen molar-refractivity contribution < 1.29 is 22.5 Å². The van der Waals surface area contributed by atoms with Crippen molar-refractivity contribution in [1.29, 1.82) is 0 Å². The zero-order valence-electron chi connectivity index (χ0n) is 13.7. The number of rotatable bonds is 4. The van der Waals surface area contributed by atoms with Crippen molar-refractivity contribution in [1.82, 2.24) is 0 Å². The topological polar surface area (TPSA) is 83.5 Å². The van der Waals surface area contributed by atoms with E-state index in [-0.39, 0.29) is 16.6 Å². The maximum Gasteiger partial charge on any atom is 0.343 e. The van der Waals surface area contributed by atoms with Crippen molar-refractivity contribution in [3.63, 3.8) is 0 Å². The van der Waals surface area contributed by atoms with E-state index in [2.05, 4.69) is 45.2 Å². The molecule has 0 atom stereocenters. The molecule has 0 amide bonds. The molecule has 0 aromatic heterocycles. The molecule has 0 aliphatic carbocycles. The number of aryl methyl sites for hydroxylation is 1. The van der Waals surface area contributed by atoms with E-state index in [0.717, 1.165) is 7.14 Å². The second kappa shape index (κ2) is 7.89. The fourth-order valence-corrected chi connectivity index (χ4v) is 3.99. The van der Waals surface area contributed by atoms with E-state index < -0.39 is 16.1 Å². The van der Waals surface area contributed by atoms with Crippen LogP contribution in [0.5, 0.6) is 5.75 Å². The zero-order valence-corrected chi connectivity index (χ0v) is 18.8. The first-order valence-corrected chi connectivity index (χ1v) is 10.8. The average molecular weight is 585 g/mol. The molecule has 134 valence electrons. The van der Waals surface area contributed by atoms with Crippen LogP contribution in [0.25, 0.3) is 0 Å². The lowest BCUT2D eigenvalue weighted by molar-refractivity contribution is 0.0733. The Balaban J connectivity index is 2.44. The van der Waals surface area contributed by atoms with E-state index in [9.17, 15) is 17.8 Å². The number of carbonyl (C=O) groups excluding carboxylic acids is 1. The van der Waals surface area contributed by atoms with Crippen molar-refractivity contribution in [2.24, 2.45) is 0 Å². The summed E-state index contributed by atoms with van der Waals surface area (Å²) < 4.78 is 41.8. The van der Waals surface area contributed by atoms with Gasteiger partial charge in [0, 0.05) is 7.14 Å². The highest BCUT2D eigenvalue weighted by atomic mass is 127. The highest BCUT2D eigenvalue weighted by Gasteiger charge is 2.18. The van der Waals surface area contributed by atoms with E-state index in [1.165, 1.54) is 12.1 Å². The molecule has 0 N–H and O–H groups in total. The van der Waals surface area contributed by atoms with Crippen LogP contribution in [-0.4, -0.2) is 18.9 Å². The molecule has 0 radical (unpaired) electrons. The molecule has 0 aliphatic heterocycles. The lowest BCUT2D eigenvalue weighted by Gasteiger charge is -2.18. The highest BCUT2D eigenvalue weighted by molar-refractivity contribution is 14.1. The second-order valence-electron chi connectivity index (χ2n) is 5.78. The summed E-state index contributed by atoms with van der Waals surface area (Å²) in [6.07, 6.45) is 0. The van der Waals surface area contributed by atoms with Crippen LogP contribution in [0.4, 0.5) is 0 Å². The van der Waals surface area contributed by atoms with Gasteiger partial charge in [-0.25, -0.2) is 13.2 Å². The third-order valence-corrected chi connectivity index (χ3v) is 7.31. The SMILES string of the molecule is Cc1cc(S(=O)(=O)[O-])c(C(C)C)cc1OC(=O)c1ccc(I)c(I)c1. The lowest BCUT2D eigenvalue weighted by atomic mass is 10.0. The van der Waals surface area contributed by atoms with E-state index >= 15 is 0 Å². The molecular weight excluding hydrogens is 570 g/mol. The predicted octanol–water partition coefficient (Wildman–Crippen LogP) is 4.45. The van der Waals surface area contributed by atoms with Gasteiger partial charge in [-0.1, -0.05) is 13.8 Å². The standard InChI is InChI=1S/C17H16I2O5S/c1-9(2)12-8-15(10(3)6-16(12)25(21,22)23)24-17(20)11-4-5-13(18)14(19)7-11/h4-9H,1-3H3,(H,21,22,23)/p-1. The smallest absolute Gasteiger partial charge is 0.343 e. The number of hydrogen-bond donors (Lipinski definition) is 0. The molecule has 8 heteroatoms. The van der Waals surface area contributed by atoms with Crippen LogP contribution in [0, 0.1) is 14.1 Å². The molecule has 0 aliphatic rings. The largest absolute Gasteiger partial charge is 0.744 e. The van der Waals surface area contributed by atoms with Gasteiger partial charge < -0.3 is 9.29 Å². The van der Waals surface area contributed by atoms with Gasteiger partial charge in [0.2, 0.25) is 0 Å². The van der Waals surface area contributed by atoms with Gasteiger partial charge in [-0.05, 0) is 99.5 Å². The molecular formula is C17H15I2O5S-. The third-order valence-electron chi connectivity index (χ3n) is 3.56. The summed E-state index contributed by atoms with van der Waals surface area (Å²) in [5.74, 6) is -0.504. The molecule has 0 unspecified atom stereocenters. The predicted molar refractivity (Wildman–Crippen MR) is 110 cm³/mol. The van der Waals surface area contributed by atoms with Gasteiger partial charge in [-0.2, -0.15) is 0 Å². The quantitative estimate of drug-likeness (QED) is 0.229. The molecule has 2 aromatic carbocycles. The minimum Gasteiger partial charge on any atom is -0.744 e. The molecule has 0 heterocycles. The molecule has 0 bridgehead atoms. The maximum atomic E-state index is 12.4. The van der Waals surface area contributed by atoms with Gasteiger partial charge in [0.1, 0.15) is 15.9 Å². The molecule has 2 rings (SSSR count). The molecule has 0 saturated carbocycles. The Labute approximate surface area is 174 Å². The summed E-state index contributed by atoms with van der Waals surface area (Å²) >= 11 is 4.30. The normalized spacial score (nSPS) is 11.6. The van der Waals surface area contributed by atoms with Crippen molar-refractivity contribution in [2.45, 2.75) is 31.6 Å². The summed E-state index contributed by atoms with van der Waals surface area (Å²) in [5.41, 5.74) is 1.14. The van der Waals surface area contributed by atoms with Crippen LogP contribution >= 0.6 is 45.2 Å². The van der Waals surface area contributed by atoms with E-state index in [1.807, 2.05) is 6.07 Å². The fraction of sp³-hybridized carbons (Fsp3) is 0.235. The minimum absolute atomic E-state index is 0.212. The van der Waals surface area contributed by atoms with Gasteiger partial charge in [0.05, 0.1) is 10.5 Å². The summed E-state index contributed by atoms with van der Waals surface area (Å²) in [6.45, 7) is 5.14. The zero-order chi connectivity index (χ0) is 18.9. The number of ether oxygens (including phenoxy) is 1. The average Bonchev–Trinajstić information content (AvgIpc) is 2.50. The van der Waals surface area contributed by atoms with Gasteiger partial charge in [0.15, 0.2) is 0 Å². The Morgan fingerprint density at radius 1 is 1.12 bits per heavy atom. The highest BCUT2D eigenvalue weighted by Crippen LogP contribution is 2.31. The lowest BCUT2D eigenvalue weighted by Crippen LogP contribution is -2.12. The van der Waals surface area contributed by atoms with E-state index in [1.54, 1.807) is 32.9 Å². The van der Waals surface area contributed by atoms with Crippen LogP contribution in [0.15, 0.2) is 35.2 Å². The first kappa shape index (κ1) is 20.6. The Bertz CT molecular complexity index is 936. The Kier molecular flexibility index (Phi) is 6.50. The molecule has 25 heavy (non-hydrogen) atoms. The third kappa shape index (κ3) is 4.92. The molecule has 0 spiro atoms. The first-order chi connectivity index (χ1) is 11.5. The monoisotopic (exact) mass is 585 g/mol. The summed E-state index contributed by atoms with van der Waals surface area (Å²) in [7, 11) is -4.60. The summed E-state index contributed by atoms with van der Waals surface area (Å²) in [5, 5.41) is 0. The molecule has 0 saturated heterocycles. The Hall–Kier alpha value is -0.720. The van der Waals surface area contributed by atoms with Crippen LogP contribution in [0.2, 0.25) is 0 Å². The number of carbonyl (C=O) groups is 1. The van der Waals surface area contributed by atoms with Gasteiger partial charge in [0.25, 0.3) is 0 Å². The number of esters is 1. The Morgan fingerprint density at radius 3 is 2.28 bits per heavy atom. The van der Waals surface area contributed by atoms with E-state index in [0.29, 0.717) is 16.7 Å². The summed E-state index contributed by atoms with van der Waals surface area (Å²) in [6, 6.07) is 7.93. The maximum absolute atomic E-state index is 12.4. The first-order valence-electron chi connectivity index (χ1n) is 7.28. The van der Waals surface area contributed by atoms with Crippen LogP contribution in [0.1, 0.15) is 41.3 Å². The number of benzene rings is 2. The second-order valence-corrected chi connectivity index (χ2v) is 9.46. The van der Waals surface area contributed by atoms with Crippen molar-refractivity contribution in [3.05, 3.63) is 54.2 Å². The number of halogens is 2. The van der Waals surface area contributed by atoms with Crippen molar-refractivity contribution in [2.75, 3.05) is 0 Å². The molecule has 5 nitrogen and oxygen atoms in total. The molecule has 2 aromatic rings. The van der Waals surface area contributed by atoms with E-state index in [4.69, 9.17) is 4.74 Å². The van der Waals surface area contributed by atoms with Crippen LogP contribution in [-0.2, 0) is 10.1 Å². The molecule has 0 fully saturated rings. The summed E-state index contributed by atoms with van der Waals surface area (Å²) in [4.78, 5) is 12.1. The van der Waals surface area contributed by atoms with Crippen molar-refractivity contribution in [3.8, 4) is 5.75 Å². The van der Waals surface area contributed by atoms with Crippen LogP contribution in [0.3, 0.4) is 0 Å². The van der Waals surface area contributed by atoms with Gasteiger partial charge >= 0.3 is 5.97 Å². The fourth-order valence-electron chi connectivity index (χ4n) is 2.24. The number of hydrogen-bond acceptors (Lipinski definition) is 5.